The topological polar surface area (TPSA) is 69.8 Å². The number of ether oxygens (including phenoxy) is 1. The Morgan fingerprint density at radius 2 is 2.20 bits per heavy atom. The second kappa shape index (κ2) is 7.16. The van der Waals surface area contributed by atoms with Crippen molar-refractivity contribution in [3.8, 4) is 0 Å². The van der Waals surface area contributed by atoms with Crippen LogP contribution in [0.4, 0.5) is 0 Å². The quantitative estimate of drug-likeness (QED) is 0.725. The lowest BCUT2D eigenvalue weighted by atomic mass is 10.3. The van der Waals surface area contributed by atoms with Gasteiger partial charge in [-0.3, -0.25) is 4.68 Å². The third-order valence-electron chi connectivity index (χ3n) is 2.94. The lowest BCUT2D eigenvalue weighted by Gasteiger charge is -2.09. The lowest BCUT2D eigenvalue weighted by molar-refractivity contribution is 0.199. The molecule has 2 aromatic heterocycles. The highest BCUT2D eigenvalue weighted by Crippen LogP contribution is 2.07. The Morgan fingerprint density at radius 3 is 2.95 bits per heavy atom. The number of nitrogens with zero attached hydrogens (tertiary/aromatic N) is 5. The highest BCUT2D eigenvalue weighted by molar-refractivity contribution is 5.04. The van der Waals surface area contributed by atoms with Gasteiger partial charge in [-0.1, -0.05) is 0 Å². The largest absolute Gasteiger partial charge is 0.383 e. The molecule has 2 rings (SSSR count). The van der Waals surface area contributed by atoms with Crippen molar-refractivity contribution in [3.63, 3.8) is 0 Å². The molecule has 0 unspecified atom stereocenters. The number of hydrogen-bond donors (Lipinski definition) is 1. The summed E-state index contributed by atoms with van der Waals surface area (Å²) in [5.74, 6) is 0.919. The third-order valence-corrected chi connectivity index (χ3v) is 2.94. The molecule has 0 radical (unpaired) electrons. The molecule has 0 saturated heterocycles. The highest BCUT2D eigenvalue weighted by atomic mass is 16.5. The van der Waals surface area contributed by atoms with Gasteiger partial charge in [-0.2, -0.15) is 10.2 Å². The molecular formula is C13H22N6O. The Labute approximate surface area is 119 Å². The molecule has 0 fully saturated rings. The molecule has 0 aliphatic carbocycles. The van der Waals surface area contributed by atoms with Crippen molar-refractivity contribution in [1.82, 2.24) is 29.9 Å². The van der Waals surface area contributed by atoms with Crippen molar-refractivity contribution in [1.29, 1.82) is 0 Å². The van der Waals surface area contributed by atoms with E-state index in [1.165, 1.54) is 0 Å². The van der Waals surface area contributed by atoms with E-state index < -0.39 is 0 Å². The van der Waals surface area contributed by atoms with Crippen LogP contribution < -0.4 is 5.32 Å². The van der Waals surface area contributed by atoms with Crippen molar-refractivity contribution >= 4 is 0 Å². The van der Waals surface area contributed by atoms with E-state index in [1.54, 1.807) is 13.4 Å². The second-order valence-corrected chi connectivity index (χ2v) is 4.93. The molecule has 0 amide bonds. The molecular weight excluding hydrogens is 256 g/mol. The average Bonchev–Trinajstić information content (AvgIpc) is 3.04. The van der Waals surface area contributed by atoms with E-state index in [0.717, 1.165) is 24.5 Å². The van der Waals surface area contributed by atoms with Crippen LogP contribution in [0.15, 0.2) is 18.7 Å². The summed E-state index contributed by atoms with van der Waals surface area (Å²) in [4.78, 5) is 4.29. The van der Waals surface area contributed by atoms with Crippen molar-refractivity contribution in [2.24, 2.45) is 0 Å². The first-order valence-corrected chi connectivity index (χ1v) is 6.80. The maximum Gasteiger partial charge on any atom is 0.148 e. The Morgan fingerprint density at radius 1 is 1.35 bits per heavy atom. The zero-order valence-electron chi connectivity index (χ0n) is 12.3. The SMILES string of the molecule is COCCNCc1cnn(Cc2ncnn2C(C)C)c1. The standard InChI is InChI=1S/C13H22N6O/c1-11(2)19-13(15-10-17-19)9-18-8-12(7-16-18)6-14-4-5-20-3/h7-8,10-11,14H,4-6,9H2,1-3H3. The summed E-state index contributed by atoms with van der Waals surface area (Å²) < 4.78 is 8.79. The van der Waals surface area contributed by atoms with Crippen LogP contribution >= 0.6 is 0 Å². The van der Waals surface area contributed by atoms with Crippen LogP contribution in [0.5, 0.6) is 0 Å². The first kappa shape index (κ1) is 14.7. The molecule has 0 spiro atoms. The van der Waals surface area contributed by atoms with Crippen LogP contribution in [0.1, 0.15) is 31.3 Å². The molecule has 110 valence electrons. The van der Waals surface area contributed by atoms with Gasteiger partial charge in [-0.05, 0) is 13.8 Å². The van der Waals surface area contributed by atoms with Gasteiger partial charge in [0.25, 0.3) is 0 Å². The molecule has 2 aromatic rings. The Kier molecular flexibility index (Phi) is 5.25. The minimum absolute atomic E-state index is 0.304. The van der Waals surface area contributed by atoms with E-state index in [9.17, 15) is 0 Å². The summed E-state index contributed by atoms with van der Waals surface area (Å²) >= 11 is 0. The lowest BCUT2D eigenvalue weighted by Crippen LogP contribution is -2.18. The van der Waals surface area contributed by atoms with Crippen molar-refractivity contribution < 1.29 is 4.74 Å². The zero-order chi connectivity index (χ0) is 14.4. The number of rotatable bonds is 8. The van der Waals surface area contributed by atoms with Gasteiger partial charge in [-0.15, -0.1) is 0 Å². The van der Waals surface area contributed by atoms with Crippen molar-refractivity contribution in [2.75, 3.05) is 20.3 Å². The normalized spacial score (nSPS) is 11.4. The first-order chi connectivity index (χ1) is 9.70. The summed E-state index contributed by atoms with van der Waals surface area (Å²) in [5, 5.41) is 11.9. The van der Waals surface area contributed by atoms with Crippen LogP contribution in [0.2, 0.25) is 0 Å². The van der Waals surface area contributed by atoms with Crippen LogP contribution in [-0.4, -0.2) is 44.8 Å². The Balaban J connectivity index is 1.90. The number of methoxy groups -OCH3 is 1. The maximum atomic E-state index is 4.99. The molecule has 1 N–H and O–H groups in total. The van der Waals surface area contributed by atoms with Gasteiger partial charge in [-0.25, -0.2) is 9.67 Å². The molecule has 0 saturated carbocycles. The minimum atomic E-state index is 0.304. The number of nitrogens with one attached hydrogen (secondary N) is 1. The fraction of sp³-hybridized carbons (Fsp3) is 0.615. The molecule has 0 aliphatic rings. The average molecular weight is 278 g/mol. The minimum Gasteiger partial charge on any atom is -0.383 e. The van der Waals surface area contributed by atoms with Gasteiger partial charge in [0.05, 0.1) is 12.8 Å². The molecule has 20 heavy (non-hydrogen) atoms. The Bertz CT molecular complexity index is 518. The smallest absolute Gasteiger partial charge is 0.148 e. The molecule has 0 aliphatic heterocycles. The molecule has 7 nitrogen and oxygen atoms in total. The predicted octanol–water partition coefficient (Wildman–Crippen LogP) is 0.840. The van der Waals surface area contributed by atoms with Gasteiger partial charge in [0, 0.05) is 38.0 Å². The molecule has 0 aromatic carbocycles. The van der Waals surface area contributed by atoms with Gasteiger partial charge < -0.3 is 10.1 Å². The zero-order valence-corrected chi connectivity index (χ0v) is 12.3. The third kappa shape index (κ3) is 3.88. The summed E-state index contributed by atoms with van der Waals surface area (Å²) in [6.45, 7) is 7.16. The van der Waals surface area contributed by atoms with E-state index in [1.807, 2.05) is 21.8 Å². The highest BCUT2D eigenvalue weighted by Gasteiger charge is 2.08. The van der Waals surface area contributed by atoms with Crippen molar-refractivity contribution in [2.45, 2.75) is 33.0 Å². The van der Waals surface area contributed by atoms with Crippen LogP contribution in [0, 0.1) is 0 Å². The van der Waals surface area contributed by atoms with Gasteiger partial charge in [0.1, 0.15) is 18.7 Å². The fourth-order valence-electron chi connectivity index (χ4n) is 1.95. The van der Waals surface area contributed by atoms with E-state index in [2.05, 4.69) is 34.3 Å². The molecule has 7 heteroatoms. The summed E-state index contributed by atoms with van der Waals surface area (Å²) in [5.41, 5.74) is 1.15. The summed E-state index contributed by atoms with van der Waals surface area (Å²) in [6, 6.07) is 0.304. The predicted molar refractivity (Wildman–Crippen MR) is 75.3 cm³/mol. The molecule has 0 bridgehead atoms. The van der Waals surface area contributed by atoms with Crippen LogP contribution in [0.25, 0.3) is 0 Å². The van der Waals surface area contributed by atoms with Crippen molar-refractivity contribution in [3.05, 3.63) is 30.1 Å². The van der Waals surface area contributed by atoms with E-state index in [4.69, 9.17) is 4.74 Å². The molecule has 0 atom stereocenters. The molecule has 2 heterocycles. The second-order valence-electron chi connectivity index (χ2n) is 4.93. The first-order valence-electron chi connectivity index (χ1n) is 6.80. The number of hydrogen-bond acceptors (Lipinski definition) is 5. The fourth-order valence-corrected chi connectivity index (χ4v) is 1.95. The van der Waals surface area contributed by atoms with E-state index >= 15 is 0 Å². The number of aromatic nitrogens is 5. The van der Waals surface area contributed by atoms with E-state index in [-0.39, 0.29) is 0 Å². The van der Waals surface area contributed by atoms with Crippen LogP contribution in [0.3, 0.4) is 0 Å². The maximum absolute atomic E-state index is 4.99. The summed E-state index contributed by atoms with van der Waals surface area (Å²) in [6.07, 6.45) is 5.49. The van der Waals surface area contributed by atoms with E-state index in [0.29, 0.717) is 19.2 Å². The van der Waals surface area contributed by atoms with Crippen LogP contribution in [-0.2, 0) is 17.8 Å². The summed E-state index contributed by atoms with van der Waals surface area (Å²) in [7, 11) is 1.70. The van der Waals surface area contributed by atoms with Gasteiger partial charge >= 0.3 is 0 Å². The van der Waals surface area contributed by atoms with Gasteiger partial charge in [0.2, 0.25) is 0 Å². The Hall–Kier alpha value is -1.73. The van der Waals surface area contributed by atoms with Gasteiger partial charge in [0.15, 0.2) is 0 Å². The monoisotopic (exact) mass is 278 g/mol.